The minimum absolute atomic E-state index is 0.0112. The molecule has 0 amide bonds. The normalized spacial score (nSPS) is 20.0. The fourth-order valence-corrected chi connectivity index (χ4v) is 5.12. The molecule has 1 saturated heterocycles. The molecule has 1 aliphatic rings. The number of hydrogen-bond acceptors (Lipinski definition) is 6. The molecule has 1 aromatic heterocycles. The van der Waals surface area contributed by atoms with Crippen molar-refractivity contribution in [3.05, 3.63) is 28.7 Å². The lowest BCUT2D eigenvalue weighted by atomic mass is 10.1. The molecule has 0 bridgehead atoms. The topological polar surface area (TPSA) is 96.0 Å². The highest BCUT2D eigenvalue weighted by Crippen LogP contribution is 2.24. The maximum Gasteiger partial charge on any atom is 0.419 e. The van der Waals surface area contributed by atoms with Gasteiger partial charge in [-0.1, -0.05) is 13.8 Å². The third-order valence-corrected chi connectivity index (χ3v) is 6.89. The molecular weight excluding hydrogens is 370 g/mol. The molecule has 1 N–H and O–H groups in total. The molecule has 1 fully saturated rings. The molecule has 0 saturated carbocycles. The molecule has 2 heterocycles. The van der Waals surface area contributed by atoms with Gasteiger partial charge in [0.05, 0.1) is 10.4 Å². The van der Waals surface area contributed by atoms with E-state index in [1.54, 1.807) is 7.05 Å². The predicted octanol–water partition coefficient (Wildman–Crippen LogP) is 0.845. The molecule has 1 atom stereocenters. The molecule has 9 heteroatoms. The summed E-state index contributed by atoms with van der Waals surface area (Å²) in [5, 5.41) is 9.39. The summed E-state index contributed by atoms with van der Waals surface area (Å²) < 4.78 is 34.2. The Morgan fingerprint density at radius 3 is 2.70 bits per heavy atom. The van der Waals surface area contributed by atoms with Crippen molar-refractivity contribution >= 4 is 21.1 Å². The van der Waals surface area contributed by atoms with Crippen LogP contribution in [0.5, 0.6) is 0 Å². The zero-order valence-corrected chi connectivity index (χ0v) is 16.8. The van der Waals surface area contributed by atoms with Crippen LogP contribution in [-0.4, -0.2) is 66.1 Å². The Balaban J connectivity index is 1.88. The summed E-state index contributed by atoms with van der Waals surface area (Å²) >= 11 is 0. The number of benzene rings is 1. The van der Waals surface area contributed by atoms with Crippen molar-refractivity contribution in [3.63, 3.8) is 0 Å². The van der Waals surface area contributed by atoms with Crippen LogP contribution in [0.15, 0.2) is 32.3 Å². The van der Waals surface area contributed by atoms with Gasteiger partial charge in [0.1, 0.15) is 0 Å². The van der Waals surface area contributed by atoms with Crippen LogP contribution in [0.25, 0.3) is 11.1 Å². The summed E-state index contributed by atoms with van der Waals surface area (Å²) in [6.45, 7) is 6.54. The van der Waals surface area contributed by atoms with Crippen molar-refractivity contribution in [1.82, 2.24) is 13.8 Å². The lowest BCUT2D eigenvalue weighted by molar-refractivity contribution is 0.0853. The van der Waals surface area contributed by atoms with Crippen LogP contribution >= 0.6 is 0 Å². The van der Waals surface area contributed by atoms with Crippen LogP contribution < -0.4 is 5.76 Å². The van der Waals surface area contributed by atoms with Crippen LogP contribution in [0.4, 0.5) is 0 Å². The van der Waals surface area contributed by atoms with Gasteiger partial charge < -0.3 is 9.52 Å². The quantitative estimate of drug-likeness (QED) is 0.776. The Kier molecular flexibility index (Phi) is 5.76. The first-order chi connectivity index (χ1) is 12.7. The van der Waals surface area contributed by atoms with Gasteiger partial charge in [0.25, 0.3) is 0 Å². The van der Waals surface area contributed by atoms with E-state index in [1.807, 2.05) is 0 Å². The number of fused-ring (bicyclic) bond motifs is 1. The van der Waals surface area contributed by atoms with Gasteiger partial charge in [-0.15, -0.1) is 0 Å². The zero-order valence-electron chi connectivity index (χ0n) is 16.0. The van der Waals surface area contributed by atoms with Gasteiger partial charge in [-0.3, -0.25) is 9.47 Å². The molecule has 3 rings (SSSR count). The van der Waals surface area contributed by atoms with Gasteiger partial charge in [0.2, 0.25) is 10.0 Å². The number of piperazine rings is 1. The lowest BCUT2D eigenvalue weighted by Crippen LogP contribution is -2.55. The first-order valence-corrected chi connectivity index (χ1v) is 10.6. The molecule has 1 aromatic carbocycles. The van der Waals surface area contributed by atoms with Crippen LogP contribution in [-0.2, 0) is 17.1 Å². The second kappa shape index (κ2) is 7.75. The summed E-state index contributed by atoms with van der Waals surface area (Å²) in [6, 6.07) is 4.46. The second-order valence-corrected chi connectivity index (χ2v) is 9.41. The molecule has 1 aliphatic heterocycles. The summed E-state index contributed by atoms with van der Waals surface area (Å²) in [5.41, 5.74) is 0.813. The van der Waals surface area contributed by atoms with Gasteiger partial charge in [-0.25, -0.2) is 13.2 Å². The van der Waals surface area contributed by atoms with E-state index in [1.165, 1.54) is 27.1 Å². The number of nitrogens with zero attached hydrogens (tertiary/aromatic N) is 3. The third-order valence-electron chi connectivity index (χ3n) is 5.03. The Hall–Kier alpha value is -1.68. The Morgan fingerprint density at radius 1 is 1.30 bits per heavy atom. The summed E-state index contributed by atoms with van der Waals surface area (Å²) in [5.74, 6) is -0.0519. The zero-order chi connectivity index (χ0) is 19.8. The minimum atomic E-state index is -3.70. The van der Waals surface area contributed by atoms with E-state index in [-0.39, 0.29) is 17.5 Å². The number of oxazole rings is 1. The van der Waals surface area contributed by atoms with E-state index in [9.17, 15) is 18.3 Å². The van der Waals surface area contributed by atoms with Crippen molar-refractivity contribution in [3.8, 4) is 0 Å². The average Bonchev–Trinajstić information content (AvgIpc) is 2.90. The largest absolute Gasteiger partial charge is 0.419 e. The maximum absolute atomic E-state index is 13.2. The molecule has 2 aromatic rings. The van der Waals surface area contributed by atoms with Crippen LogP contribution in [0.3, 0.4) is 0 Å². The SMILES string of the molecule is CC(C)CN1CCN(S(=O)(=O)c2ccc3oc(=O)n(C)c3c2)CC1CCO. The molecular formula is C18H27N3O5S. The Morgan fingerprint density at radius 2 is 2.04 bits per heavy atom. The van der Waals surface area contributed by atoms with Crippen molar-refractivity contribution in [1.29, 1.82) is 0 Å². The smallest absolute Gasteiger partial charge is 0.408 e. The van der Waals surface area contributed by atoms with Crippen molar-refractivity contribution < 1.29 is 17.9 Å². The molecule has 0 radical (unpaired) electrons. The highest BCUT2D eigenvalue weighted by atomic mass is 32.2. The second-order valence-electron chi connectivity index (χ2n) is 7.47. The predicted molar refractivity (Wildman–Crippen MR) is 102 cm³/mol. The van der Waals surface area contributed by atoms with Crippen LogP contribution in [0.2, 0.25) is 0 Å². The number of aryl methyl sites for hydroxylation is 1. The highest BCUT2D eigenvalue weighted by molar-refractivity contribution is 7.89. The first-order valence-electron chi connectivity index (χ1n) is 9.18. The Bertz CT molecular complexity index is 963. The summed E-state index contributed by atoms with van der Waals surface area (Å²) in [4.78, 5) is 14.1. The maximum atomic E-state index is 13.2. The monoisotopic (exact) mass is 397 g/mol. The number of sulfonamides is 1. The van der Waals surface area contributed by atoms with E-state index in [0.29, 0.717) is 43.1 Å². The number of aromatic nitrogens is 1. The van der Waals surface area contributed by atoms with Gasteiger partial charge in [0, 0.05) is 45.9 Å². The highest BCUT2D eigenvalue weighted by Gasteiger charge is 2.34. The van der Waals surface area contributed by atoms with Crippen molar-refractivity contribution in [2.45, 2.75) is 31.2 Å². The van der Waals surface area contributed by atoms with Gasteiger partial charge >= 0.3 is 5.76 Å². The summed E-state index contributed by atoms with van der Waals surface area (Å²) in [7, 11) is -2.15. The van der Waals surface area contributed by atoms with Gasteiger partial charge in [0.15, 0.2) is 5.58 Å². The summed E-state index contributed by atoms with van der Waals surface area (Å²) in [6.07, 6.45) is 0.536. The minimum Gasteiger partial charge on any atom is -0.408 e. The first kappa shape index (κ1) is 20.1. The average molecular weight is 397 g/mol. The number of aliphatic hydroxyl groups excluding tert-OH is 1. The molecule has 1 unspecified atom stereocenters. The van der Waals surface area contributed by atoms with Gasteiger partial charge in [-0.05, 0) is 30.5 Å². The lowest BCUT2D eigenvalue weighted by Gasteiger charge is -2.41. The molecule has 27 heavy (non-hydrogen) atoms. The number of aliphatic hydroxyl groups is 1. The fourth-order valence-electron chi connectivity index (χ4n) is 3.63. The Labute approximate surface area is 159 Å². The van der Waals surface area contributed by atoms with Crippen LogP contribution in [0.1, 0.15) is 20.3 Å². The van der Waals surface area contributed by atoms with E-state index >= 15 is 0 Å². The van der Waals surface area contributed by atoms with Gasteiger partial charge in [-0.2, -0.15) is 4.31 Å². The van der Waals surface area contributed by atoms with E-state index in [0.717, 1.165) is 6.54 Å². The molecule has 0 spiro atoms. The van der Waals surface area contributed by atoms with Crippen molar-refractivity contribution in [2.24, 2.45) is 13.0 Å². The third kappa shape index (κ3) is 3.96. The molecule has 150 valence electrons. The fraction of sp³-hybridized carbons (Fsp3) is 0.611. The molecule has 8 nitrogen and oxygen atoms in total. The van der Waals surface area contributed by atoms with Crippen LogP contribution in [0, 0.1) is 5.92 Å². The van der Waals surface area contributed by atoms with Crippen molar-refractivity contribution in [2.75, 3.05) is 32.8 Å². The molecule has 0 aliphatic carbocycles. The standard InChI is InChI=1S/C18H27N3O5S/c1-13(2)11-20-7-8-21(12-14(20)6-9-22)27(24,25)15-4-5-17-16(10-15)19(3)18(23)26-17/h4-5,10,13-14,22H,6-9,11-12H2,1-3H3. The van der Waals surface area contributed by atoms with E-state index in [2.05, 4.69) is 18.7 Å². The van der Waals surface area contributed by atoms with E-state index < -0.39 is 15.8 Å². The number of hydrogen-bond donors (Lipinski definition) is 1. The van der Waals surface area contributed by atoms with E-state index in [4.69, 9.17) is 4.42 Å². The number of rotatable bonds is 6.